The van der Waals surface area contributed by atoms with Crippen LogP contribution in [0, 0.1) is 0 Å². The SMILES string of the molecule is CC.CC(C)(C)OC(=O)NC1=CC(c2ccc(C(=O)O)cc2)=C(OC(F)(F)F)CC1. The Kier molecular flexibility index (Phi) is 8.50. The number of carbonyl (C=O) groups is 2. The first-order chi connectivity index (χ1) is 13.8. The predicted molar refractivity (Wildman–Crippen MR) is 105 cm³/mol. The summed E-state index contributed by atoms with van der Waals surface area (Å²) in [6.45, 7) is 9.06. The molecule has 1 aliphatic rings. The number of aromatic carboxylic acids is 1. The van der Waals surface area contributed by atoms with E-state index < -0.39 is 24.0 Å². The molecule has 0 unspecified atom stereocenters. The molecule has 1 aliphatic carbocycles. The molecule has 0 radical (unpaired) electrons. The van der Waals surface area contributed by atoms with Crippen LogP contribution in [-0.4, -0.2) is 29.1 Å². The Labute approximate surface area is 173 Å². The van der Waals surface area contributed by atoms with Crippen molar-refractivity contribution >= 4 is 17.6 Å². The summed E-state index contributed by atoms with van der Waals surface area (Å²) < 4.78 is 47.5. The van der Waals surface area contributed by atoms with E-state index in [0.29, 0.717) is 11.3 Å². The average Bonchev–Trinajstić information content (AvgIpc) is 2.62. The molecule has 0 saturated carbocycles. The van der Waals surface area contributed by atoms with Crippen molar-refractivity contribution in [1.29, 1.82) is 0 Å². The number of hydrogen-bond donors (Lipinski definition) is 2. The van der Waals surface area contributed by atoms with Gasteiger partial charge in [0.2, 0.25) is 0 Å². The van der Waals surface area contributed by atoms with Gasteiger partial charge < -0.3 is 14.6 Å². The van der Waals surface area contributed by atoms with Gasteiger partial charge in [0.15, 0.2) is 0 Å². The second kappa shape index (κ2) is 10.2. The van der Waals surface area contributed by atoms with Gasteiger partial charge >= 0.3 is 18.4 Å². The van der Waals surface area contributed by atoms with Crippen LogP contribution in [0.25, 0.3) is 5.57 Å². The number of carboxylic acids is 1. The summed E-state index contributed by atoms with van der Waals surface area (Å²) in [6.07, 6.45) is -4.21. The van der Waals surface area contributed by atoms with Crippen LogP contribution in [0.3, 0.4) is 0 Å². The Morgan fingerprint density at radius 2 is 1.60 bits per heavy atom. The monoisotopic (exact) mass is 429 g/mol. The van der Waals surface area contributed by atoms with Gasteiger partial charge in [0.25, 0.3) is 0 Å². The molecule has 0 spiro atoms. The van der Waals surface area contributed by atoms with Crippen molar-refractivity contribution in [2.75, 3.05) is 0 Å². The minimum Gasteiger partial charge on any atom is -0.478 e. The Hall–Kier alpha value is -2.97. The lowest BCUT2D eigenvalue weighted by Crippen LogP contribution is -2.32. The van der Waals surface area contributed by atoms with E-state index >= 15 is 0 Å². The van der Waals surface area contributed by atoms with Crippen molar-refractivity contribution in [3.05, 3.63) is 52.9 Å². The highest BCUT2D eigenvalue weighted by molar-refractivity contribution is 5.88. The second-order valence-electron chi connectivity index (χ2n) is 7.06. The Morgan fingerprint density at radius 1 is 1.03 bits per heavy atom. The first kappa shape index (κ1) is 25.1. The number of ether oxygens (including phenoxy) is 2. The maximum Gasteiger partial charge on any atom is 0.572 e. The summed E-state index contributed by atoms with van der Waals surface area (Å²) in [4.78, 5) is 22.9. The molecule has 6 nitrogen and oxygen atoms in total. The summed E-state index contributed by atoms with van der Waals surface area (Å²) in [7, 11) is 0. The van der Waals surface area contributed by atoms with Crippen LogP contribution in [0.4, 0.5) is 18.0 Å². The van der Waals surface area contributed by atoms with Crippen LogP contribution in [0.2, 0.25) is 0 Å². The van der Waals surface area contributed by atoms with E-state index in [1.807, 2.05) is 13.8 Å². The molecule has 0 aromatic heterocycles. The summed E-state index contributed by atoms with van der Waals surface area (Å²) in [5, 5.41) is 11.5. The van der Waals surface area contributed by atoms with Gasteiger partial charge in [0.05, 0.1) is 5.56 Å². The molecule has 2 N–H and O–H groups in total. The summed E-state index contributed by atoms with van der Waals surface area (Å²) in [5.41, 5.74) is 0.0597. The Balaban J connectivity index is 0.00000218. The first-order valence-electron chi connectivity index (χ1n) is 9.37. The number of allylic oxidation sites excluding steroid dienone is 4. The fourth-order valence-corrected chi connectivity index (χ4v) is 2.53. The van der Waals surface area contributed by atoms with E-state index in [2.05, 4.69) is 10.1 Å². The number of amides is 1. The lowest BCUT2D eigenvalue weighted by molar-refractivity contribution is -0.306. The molecule has 166 valence electrons. The zero-order valence-electron chi connectivity index (χ0n) is 17.5. The molecule has 9 heteroatoms. The number of carboxylic acid groups (broad SMARTS) is 1. The zero-order chi connectivity index (χ0) is 23.1. The molecule has 0 fully saturated rings. The van der Waals surface area contributed by atoms with Crippen molar-refractivity contribution in [2.45, 2.75) is 59.4 Å². The molecule has 1 aromatic carbocycles. The van der Waals surface area contributed by atoms with Crippen LogP contribution in [0.1, 0.15) is 63.4 Å². The van der Waals surface area contributed by atoms with E-state index in [9.17, 15) is 22.8 Å². The third kappa shape index (κ3) is 8.18. The molecule has 0 saturated heterocycles. The topological polar surface area (TPSA) is 84.9 Å². The fourth-order valence-electron chi connectivity index (χ4n) is 2.53. The molecule has 30 heavy (non-hydrogen) atoms. The van der Waals surface area contributed by atoms with Gasteiger partial charge in [-0.15, -0.1) is 13.2 Å². The third-order valence-electron chi connectivity index (χ3n) is 3.58. The highest BCUT2D eigenvalue weighted by Crippen LogP contribution is 2.35. The molecule has 0 heterocycles. The van der Waals surface area contributed by atoms with E-state index in [1.54, 1.807) is 20.8 Å². The Morgan fingerprint density at radius 3 is 2.07 bits per heavy atom. The lowest BCUT2D eigenvalue weighted by Gasteiger charge is -2.24. The second-order valence-corrected chi connectivity index (χ2v) is 7.06. The van der Waals surface area contributed by atoms with E-state index in [4.69, 9.17) is 9.84 Å². The van der Waals surface area contributed by atoms with Gasteiger partial charge in [0, 0.05) is 17.7 Å². The summed E-state index contributed by atoms with van der Waals surface area (Å²) >= 11 is 0. The van der Waals surface area contributed by atoms with Gasteiger partial charge in [-0.05, 0) is 51.0 Å². The number of hydrogen-bond acceptors (Lipinski definition) is 4. The van der Waals surface area contributed by atoms with Crippen LogP contribution >= 0.6 is 0 Å². The minimum atomic E-state index is -4.87. The van der Waals surface area contributed by atoms with Gasteiger partial charge in [-0.25, -0.2) is 9.59 Å². The first-order valence-corrected chi connectivity index (χ1v) is 9.37. The average molecular weight is 429 g/mol. The number of benzene rings is 1. The van der Waals surface area contributed by atoms with Crippen LogP contribution in [0.15, 0.2) is 41.8 Å². The van der Waals surface area contributed by atoms with E-state index in [-0.39, 0.29) is 29.7 Å². The van der Waals surface area contributed by atoms with Crippen molar-refractivity contribution < 1.29 is 37.3 Å². The number of alkyl halides is 3. The number of halogens is 3. The van der Waals surface area contributed by atoms with Gasteiger partial charge in [-0.1, -0.05) is 26.0 Å². The number of rotatable bonds is 4. The van der Waals surface area contributed by atoms with Crippen molar-refractivity contribution in [1.82, 2.24) is 5.32 Å². The maximum absolute atomic E-state index is 12.7. The fraction of sp³-hybridized carbons (Fsp3) is 0.429. The van der Waals surface area contributed by atoms with Crippen molar-refractivity contribution in [3.63, 3.8) is 0 Å². The number of alkyl carbamates (subject to hydrolysis) is 1. The molecule has 1 amide bonds. The lowest BCUT2D eigenvalue weighted by atomic mass is 9.95. The van der Waals surface area contributed by atoms with Crippen molar-refractivity contribution in [2.24, 2.45) is 0 Å². The molecule has 2 rings (SSSR count). The smallest absolute Gasteiger partial charge is 0.478 e. The maximum atomic E-state index is 12.7. The molecule has 0 aliphatic heterocycles. The number of nitrogens with one attached hydrogen (secondary N) is 1. The molecule has 0 atom stereocenters. The zero-order valence-corrected chi connectivity index (χ0v) is 17.5. The third-order valence-corrected chi connectivity index (χ3v) is 3.58. The quantitative estimate of drug-likeness (QED) is 0.626. The highest BCUT2D eigenvalue weighted by Gasteiger charge is 2.34. The van der Waals surface area contributed by atoms with Crippen LogP contribution < -0.4 is 5.32 Å². The van der Waals surface area contributed by atoms with Gasteiger partial charge in [-0.2, -0.15) is 0 Å². The molecule has 0 bridgehead atoms. The molecular formula is C21H26F3NO5. The van der Waals surface area contributed by atoms with Gasteiger partial charge in [0.1, 0.15) is 11.4 Å². The van der Waals surface area contributed by atoms with Crippen molar-refractivity contribution in [3.8, 4) is 0 Å². The summed E-state index contributed by atoms with van der Waals surface area (Å²) in [5.74, 6) is -1.47. The van der Waals surface area contributed by atoms with Gasteiger partial charge in [-0.3, -0.25) is 5.32 Å². The largest absolute Gasteiger partial charge is 0.572 e. The predicted octanol–water partition coefficient (Wildman–Crippen LogP) is 5.86. The molecule has 1 aromatic rings. The Bertz CT molecular complexity index is 819. The van der Waals surface area contributed by atoms with E-state index in [1.165, 1.54) is 30.3 Å². The summed E-state index contributed by atoms with van der Waals surface area (Å²) in [6, 6.07) is 5.31. The van der Waals surface area contributed by atoms with Crippen LogP contribution in [0.5, 0.6) is 0 Å². The standard InChI is InChI=1S/C19H20F3NO5.C2H6/c1-18(2,3)28-17(26)23-13-8-9-15(27-19(20,21)22)14(10-13)11-4-6-12(7-5-11)16(24)25;1-2/h4-7,10H,8-9H2,1-3H3,(H,23,26)(H,24,25);1-2H3. The van der Waals surface area contributed by atoms with Crippen LogP contribution in [-0.2, 0) is 9.47 Å². The minimum absolute atomic E-state index is 0.00506. The number of carbonyl (C=O) groups excluding carboxylic acids is 1. The highest BCUT2D eigenvalue weighted by atomic mass is 19.4. The molecular weight excluding hydrogens is 403 g/mol. The van der Waals surface area contributed by atoms with E-state index in [0.717, 1.165) is 0 Å². The normalized spacial score (nSPS) is 14.2.